The second-order valence-electron chi connectivity index (χ2n) is 8.19. The third kappa shape index (κ3) is 5.17. The summed E-state index contributed by atoms with van der Waals surface area (Å²) in [5.41, 5.74) is 1.56. The van der Waals surface area contributed by atoms with E-state index in [1.165, 1.54) is 22.9 Å². The van der Waals surface area contributed by atoms with Crippen molar-refractivity contribution < 1.29 is 18.1 Å². The zero-order valence-electron chi connectivity index (χ0n) is 19.1. The van der Waals surface area contributed by atoms with E-state index in [0.29, 0.717) is 12.2 Å². The van der Waals surface area contributed by atoms with Crippen LogP contribution in [0, 0.1) is 21.9 Å². The molecule has 0 saturated carbocycles. The van der Waals surface area contributed by atoms with Crippen LogP contribution in [0.1, 0.15) is 34.1 Å². The number of halogens is 1. The summed E-state index contributed by atoms with van der Waals surface area (Å²) in [7, 11) is -1.85. The number of carbonyl (C=O) groups is 1. The minimum Gasteiger partial charge on any atom is -0.372 e. The Morgan fingerprint density at radius 2 is 2.09 bits per heavy atom. The fraction of sp³-hybridized carbons (Fsp3) is 0.200. The molecule has 4 rings (SSSR count). The summed E-state index contributed by atoms with van der Waals surface area (Å²) in [6, 6.07) is 14.5. The van der Waals surface area contributed by atoms with Crippen molar-refractivity contribution in [3.05, 3.63) is 89.0 Å². The normalized spacial score (nSPS) is 19.9. The lowest BCUT2D eigenvalue weighted by Gasteiger charge is -2.22. The molecule has 1 amide bonds. The van der Waals surface area contributed by atoms with Crippen molar-refractivity contribution in [2.45, 2.75) is 30.6 Å². The van der Waals surface area contributed by atoms with Gasteiger partial charge in [-0.15, -0.1) is 0 Å². The van der Waals surface area contributed by atoms with Crippen LogP contribution < -0.4 is 10.0 Å². The minimum absolute atomic E-state index is 0.177. The highest BCUT2D eigenvalue weighted by atomic mass is 32.2. The molecule has 180 valence electrons. The molecule has 2 heterocycles. The molecule has 2 unspecified atom stereocenters. The van der Waals surface area contributed by atoms with E-state index in [1.54, 1.807) is 25.3 Å². The van der Waals surface area contributed by atoms with Crippen LogP contribution >= 0.6 is 0 Å². The Balaban J connectivity index is 1.59. The minimum atomic E-state index is -3.47. The van der Waals surface area contributed by atoms with Crippen LogP contribution in [0.5, 0.6) is 0 Å². The number of carbonyl (C=O) groups excluding carboxylic acids is 1. The average Bonchev–Trinajstić information content (AvgIpc) is 3.12. The second kappa shape index (κ2) is 9.84. The lowest BCUT2D eigenvalue weighted by molar-refractivity contribution is 0.0425. The molecule has 0 spiro atoms. The van der Waals surface area contributed by atoms with Gasteiger partial charge in [-0.1, -0.05) is 42.5 Å². The number of aromatic nitrogens is 1. The third-order valence-corrected chi connectivity index (χ3v) is 7.24. The number of ether oxygens (including phenoxy) is 1. The van der Waals surface area contributed by atoms with Gasteiger partial charge in [0.1, 0.15) is 27.5 Å². The van der Waals surface area contributed by atoms with Gasteiger partial charge in [-0.3, -0.25) is 4.79 Å². The largest absolute Gasteiger partial charge is 0.372 e. The van der Waals surface area contributed by atoms with Crippen LogP contribution in [-0.2, 0) is 28.3 Å². The standard InChI is InChI=1S/C25H24FN5O3S/c1-16(34-15-17-6-4-3-5-7-17)22-11-9-20-23(35(28,33)30-22)14-31(2)24(20)25(32)29-19-8-10-21(26)18(12-19)13-27/h3-12,14,16,22H,15H2,1-2H3,(H,29,32)(H2,28,30,33)/t16?,22-,35?/m1/s1. The molecule has 0 radical (unpaired) electrons. The van der Waals surface area contributed by atoms with Crippen LogP contribution in [0.15, 0.2) is 65.7 Å². The molecule has 1 aliphatic heterocycles. The molecule has 1 aliphatic rings. The van der Waals surface area contributed by atoms with Gasteiger partial charge in [-0.2, -0.15) is 5.26 Å². The molecule has 1 aromatic heterocycles. The maximum atomic E-state index is 13.6. The van der Waals surface area contributed by atoms with E-state index in [0.717, 1.165) is 11.6 Å². The first-order valence-electron chi connectivity index (χ1n) is 10.8. The topological polar surface area (TPSA) is 120 Å². The number of rotatable bonds is 6. The van der Waals surface area contributed by atoms with Crippen LogP contribution in [-0.4, -0.2) is 26.8 Å². The predicted octanol–water partition coefficient (Wildman–Crippen LogP) is 4.20. The Morgan fingerprint density at radius 3 is 2.80 bits per heavy atom. The van der Waals surface area contributed by atoms with E-state index in [1.807, 2.05) is 37.3 Å². The molecule has 10 heteroatoms. The zero-order valence-corrected chi connectivity index (χ0v) is 19.9. The summed E-state index contributed by atoms with van der Waals surface area (Å²) >= 11 is 0. The molecule has 0 aliphatic carbocycles. The summed E-state index contributed by atoms with van der Waals surface area (Å²) in [5, 5.41) is 11.7. The molecule has 0 bridgehead atoms. The smallest absolute Gasteiger partial charge is 0.272 e. The van der Waals surface area contributed by atoms with Gasteiger partial charge in [0.25, 0.3) is 5.91 Å². The van der Waals surface area contributed by atoms with Crippen molar-refractivity contribution in [3.8, 4) is 6.07 Å². The van der Waals surface area contributed by atoms with Crippen molar-refractivity contribution in [1.82, 2.24) is 9.29 Å². The van der Waals surface area contributed by atoms with Gasteiger partial charge in [0.05, 0.1) is 29.2 Å². The highest BCUT2D eigenvalue weighted by Crippen LogP contribution is 2.28. The molecule has 0 saturated heterocycles. The Bertz CT molecular complexity index is 1440. The van der Waals surface area contributed by atoms with E-state index in [4.69, 9.17) is 14.8 Å². The van der Waals surface area contributed by atoms with Gasteiger partial charge in [-0.25, -0.2) is 18.1 Å². The molecule has 2 aromatic carbocycles. The Hall–Kier alpha value is -3.78. The molecule has 35 heavy (non-hydrogen) atoms. The van der Waals surface area contributed by atoms with Gasteiger partial charge >= 0.3 is 0 Å². The molecule has 8 nitrogen and oxygen atoms in total. The number of hydrogen-bond donors (Lipinski definition) is 3. The number of nitrogens with one attached hydrogen (secondary N) is 3. The first-order chi connectivity index (χ1) is 16.7. The van der Waals surface area contributed by atoms with Gasteiger partial charge in [0.2, 0.25) is 0 Å². The highest BCUT2D eigenvalue weighted by Gasteiger charge is 2.30. The van der Waals surface area contributed by atoms with Crippen LogP contribution in [0.4, 0.5) is 10.1 Å². The first kappa shape index (κ1) is 24.3. The molecule has 3 N–H and O–H groups in total. The fourth-order valence-electron chi connectivity index (χ4n) is 3.82. The third-order valence-electron chi connectivity index (χ3n) is 5.69. The number of aryl methyl sites for hydroxylation is 1. The quantitative estimate of drug-likeness (QED) is 0.477. The maximum Gasteiger partial charge on any atom is 0.272 e. The number of hydrogen-bond acceptors (Lipinski definition) is 5. The van der Waals surface area contributed by atoms with Gasteiger partial charge < -0.3 is 14.6 Å². The highest BCUT2D eigenvalue weighted by molar-refractivity contribution is 7.90. The average molecular weight is 494 g/mol. The van der Waals surface area contributed by atoms with Crippen molar-refractivity contribution in [2.75, 3.05) is 5.32 Å². The maximum absolute atomic E-state index is 13.6. The number of amides is 1. The van der Waals surface area contributed by atoms with E-state index >= 15 is 0 Å². The second-order valence-corrected chi connectivity index (χ2v) is 9.98. The Labute approximate surface area is 203 Å². The van der Waals surface area contributed by atoms with Crippen LogP contribution in [0.25, 0.3) is 6.08 Å². The number of benzene rings is 2. The van der Waals surface area contributed by atoms with Crippen LogP contribution in [0.3, 0.4) is 0 Å². The summed E-state index contributed by atoms with van der Waals surface area (Å²) in [6.07, 6.45) is 4.48. The number of nitrogens with zero attached hydrogens (tertiary/aromatic N) is 2. The van der Waals surface area contributed by atoms with Crippen LogP contribution in [0.2, 0.25) is 0 Å². The Kier molecular flexibility index (Phi) is 6.84. The van der Waals surface area contributed by atoms with Crippen molar-refractivity contribution in [3.63, 3.8) is 0 Å². The van der Waals surface area contributed by atoms with Crippen molar-refractivity contribution in [2.24, 2.45) is 7.05 Å². The number of fused-ring (bicyclic) bond motifs is 1. The predicted molar refractivity (Wildman–Crippen MR) is 130 cm³/mol. The van der Waals surface area contributed by atoms with E-state index in [2.05, 4.69) is 10.0 Å². The Morgan fingerprint density at radius 1 is 1.34 bits per heavy atom. The SMILES string of the molecule is CC(OCc1ccccc1)[C@H]1C=Cc2c(cn(C)c2C(=O)Nc2ccc(F)c(C#N)c2)S(=N)(=O)N1. The van der Waals surface area contributed by atoms with E-state index < -0.39 is 33.8 Å². The van der Waals surface area contributed by atoms with E-state index in [9.17, 15) is 13.4 Å². The van der Waals surface area contributed by atoms with Gasteiger partial charge in [0, 0.05) is 24.5 Å². The summed E-state index contributed by atoms with van der Waals surface area (Å²) in [5.74, 6) is -1.23. The molecular weight excluding hydrogens is 469 g/mol. The lowest BCUT2D eigenvalue weighted by atomic mass is 10.1. The molecular formula is C25H24FN5O3S. The zero-order chi connectivity index (χ0) is 25.2. The number of anilines is 1. The summed E-state index contributed by atoms with van der Waals surface area (Å²) in [4.78, 5) is 13.3. The molecule has 0 fully saturated rings. The van der Waals surface area contributed by atoms with Crippen molar-refractivity contribution in [1.29, 1.82) is 10.0 Å². The van der Waals surface area contributed by atoms with Crippen molar-refractivity contribution >= 4 is 27.6 Å². The lowest BCUT2D eigenvalue weighted by Crippen LogP contribution is -2.40. The fourth-order valence-corrected chi connectivity index (χ4v) is 5.38. The molecule has 3 aromatic rings. The monoisotopic (exact) mass is 493 g/mol. The first-order valence-corrected chi connectivity index (χ1v) is 12.4. The summed E-state index contributed by atoms with van der Waals surface area (Å²) < 4.78 is 45.8. The molecule has 3 atom stereocenters. The van der Waals surface area contributed by atoms with Gasteiger partial charge in [-0.05, 0) is 30.7 Å². The van der Waals surface area contributed by atoms with Gasteiger partial charge in [0.15, 0.2) is 0 Å². The summed E-state index contributed by atoms with van der Waals surface area (Å²) in [6.45, 7) is 2.18. The van der Waals surface area contributed by atoms with E-state index in [-0.39, 0.29) is 21.8 Å². The number of nitriles is 1.